The molecule has 20 heavy (non-hydrogen) atoms. The quantitative estimate of drug-likeness (QED) is 0.900. The van der Waals surface area contributed by atoms with Crippen molar-refractivity contribution in [3.63, 3.8) is 0 Å². The summed E-state index contributed by atoms with van der Waals surface area (Å²) in [6.07, 6.45) is 2.02. The third-order valence-corrected chi connectivity index (χ3v) is 3.74. The topological polar surface area (TPSA) is 36.4 Å². The lowest BCUT2D eigenvalue weighted by Gasteiger charge is -2.20. The van der Waals surface area contributed by atoms with E-state index in [0.29, 0.717) is 6.42 Å². The number of nitrogens with zero attached hydrogens (tertiary/aromatic N) is 2. The molecule has 0 aliphatic heterocycles. The third-order valence-electron chi connectivity index (χ3n) is 3.25. The van der Waals surface area contributed by atoms with Crippen LogP contribution >= 0.6 is 15.9 Å². The molecule has 0 aliphatic rings. The average Bonchev–Trinajstić information content (AvgIpc) is 2.46. The number of aromatic nitrogens is 1. The van der Waals surface area contributed by atoms with Gasteiger partial charge in [0.05, 0.1) is 23.7 Å². The van der Waals surface area contributed by atoms with Crippen molar-refractivity contribution in [3.05, 3.63) is 58.3 Å². The average molecular weight is 335 g/mol. The first kappa shape index (κ1) is 15.0. The first-order valence-corrected chi connectivity index (χ1v) is 7.49. The van der Waals surface area contributed by atoms with Crippen molar-refractivity contribution in [1.29, 1.82) is 0 Å². The first-order chi connectivity index (χ1) is 9.60. The largest absolute Gasteiger partial charge is 0.387 e. The summed E-state index contributed by atoms with van der Waals surface area (Å²) in [5.74, 6) is 0. The molecule has 2 aromatic rings. The Kier molecular flexibility index (Phi) is 5.15. The molecule has 1 N–H and O–H groups in total. The highest BCUT2D eigenvalue weighted by atomic mass is 79.9. The Hall–Kier alpha value is -1.39. The predicted octanol–water partition coefficient (Wildman–Crippen LogP) is 3.92. The number of aliphatic hydroxyl groups is 1. The molecule has 0 radical (unpaired) electrons. The number of rotatable bonds is 5. The van der Waals surface area contributed by atoms with Gasteiger partial charge in [-0.3, -0.25) is 4.98 Å². The number of benzene rings is 1. The third kappa shape index (κ3) is 3.81. The van der Waals surface area contributed by atoms with Crippen LogP contribution < -0.4 is 4.90 Å². The van der Waals surface area contributed by atoms with Crippen molar-refractivity contribution in [1.82, 2.24) is 4.98 Å². The molecule has 0 bridgehead atoms. The standard InChI is InChI=1S/C16H19BrN2O/c1-3-16(20)15-8-7-14(10-18-15)19(2)11-12-5-4-6-13(17)9-12/h4-10,16,20H,3,11H2,1-2H3. The molecule has 0 fully saturated rings. The van der Waals surface area contributed by atoms with Gasteiger partial charge >= 0.3 is 0 Å². The Bertz CT molecular complexity index is 557. The SMILES string of the molecule is CCC(O)c1ccc(N(C)Cc2cccc(Br)c2)cn1. The van der Waals surface area contributed by atoms with Gasteiger partial charge in [-0.1, -0.05) is 35.0 Å². The van der Waals surface area contributed by atoms with E-state index in [-0.39, 0.29) is 0 Å². The Morgan fingerprint density at radius 3 is 2.70 bits per heavy atom. The molecule has 4 heteroatoms. The molecule has 1 atom stereocenters. The zero-order valence-corrected chi connectivity index (χ0v) is 13.3. The number of anilines is 1. The molecule has 0 aliphatic carbocycles. The van der Waals surface area contributed by atoms with Gasteiger partial charge in [-0.15, -0.1) is 0 Å². The molecule has 1 unspecified atom stereocenters. The molecule has 3 nitrogen and oxygen atoms in total. The molecule has 0 saturated heterocycles. The summed E-state index contributed by atoms with van der Waals surface area (Å²) in [5, 5.41) is 9.74. The minimum Gasteiger partial charge on any atom is -0.387 e. The fraction of sp³-hybridized carbons (Fsp3) is 0.312. The second-order valence-electron chi connectivity index (χ2n) is 4.85. The van der Waals surface area contributed by atoms with Gasteiger partial charge in [-0.25, -0.2) is 0 Å². The van der Waals surface area contributed by atoms with Crippen molar-refractivity contribution in [2.75, 3.05) is 11.9 Å². The highest BCUT2D eigenvalue weighted by Crippen LogP contribution is 2.20. The van der Waals surface area contributed by atoms with Crippen LogP contribution in [0.3, 0.4) is 0 Å². The molecule has 1 aromatic heterocycles. The summed E-state index contributed by atoms with van der Waals surface area (Å²) in [6, 6.07) is 12.2. The van der Waals surface area contributed by atoms with Crippen LogP contribution in [0.15, 0.2) is 47.1 Å². The maximum Gasteiger partial charge on any atom is 0.0957 e. The molecular formula is C16H19BrN2O. The number of hydrogen-bond donors (Lipinski definition) is 1. The van der Waals surface area contributed by atoms with E-state index in [2.05, 4.69) is 37.9 Å². The minimum absolute atomic E-state index is 0.473. The highest BCUT2D eigenvalue weighted by molar-refractivity contribution is 9.10. The van der Waals surface area contributed by atoms with Crippen molar-refractivity contribution in [2.24, 2.45) is 0 Å². The van der Waals surface area contributed by atoms with E-state index in [1.165, 1.54) is 5.56 Å². The lowest BCUT2D eigenvalue weighted by atomic mass is 10.1. The van der Waals surface area contributed by atoms with Gasteiger partial charge in [-0.2, -0.15) is 0 Å². The van der Waals surface area contributed by atoms with Crippen molar-refractivity contribution in [3.8, 4) is 0 Å². The zero-order chi connectivity index (χ0) is 14.5. The number of hydrogen-bond acceptors (Lipinski definition) is 3. The lowest BCUT2D eigenvalue weighted by Crippen LogP contribution is -2.16. The fourth-order valence-corrected chi connectivity index (χ4v) is 2.48. The first-order valence-electron chi connectivity index (χ1n) is 6.69. The molecule has 0 amide bonds. The van der Waals surface area contributed by atoms with E-state index < -0.39 is 6.10 Å². The second-order valence-corrected chi connectivity index (χ2v) is 5.77. The van der Waals surface area contributed by atoms with E-state index in [1.54, 1.807) is 0 Å². The summed E-state index contributed by atoms with van der Waals surface area (Å²) in [5.41, 5.74) is 3.00. The zero-order valence-electron chi connectivity index (χ0n) is 11.8. The van der Waals surface area contributed by atoms with Crippen LogP contribution in [0.25, 0.3) is 0 Å². The van der Waals surface area contributed by atoms with Gasteiger partial charge in [0.2, 0.25) is 0 Å². The second kappa shape index (κ2) is 6.86. The number of halogens is 1. The molecule has 0 saturated carbocycles. The van der Waals surface area contributed by atoms with Crippen LogP contribution in [0, 0.1) is 0 Å². The fourth-order valence-electron chi connectivity index (χ4n) is 2.03. The Balaban J connectivity index is 2.07. The van der Waals surface area contributed by atoms with Crippen LogP contribution in [0.2, 0.25) is 0 Å². The van der Waals surface area contributed by atoms with Crippen LogP contribution in [-0.4, -0.2) is 17.1 Å². The van der Waals surface area contributed by atoms with Crippen molar-refractivity contribution < 1.29 is 5.11 Å². The Morgan fingerprint density at radius 1 is 1.30 bits per heavy atom. The maximum absolute atomic E-state index is 9.74. The van der Waals surface area contributed by atoms with Crippen molar-refractivity contribution in [2.45, 2.75) is 26.0 Å². The van der Waals surface area contributed by atoms with E-state index in [1.807, 2.05) is 44.4 Å². The van der Waals surface area contributed by atoms with Gasteiger partial charge in [0.1, 0.15) is 0 Å². The van der Waals surface area contributed by atoms with Gasteiger partial charge in [0.25, 0.3) is 0 Å². The molecule has 2 rings (SSSR count). The number of pyridine rings is 1. The van der Waals surface area contributed by atoms with E-state index in [4.69, 9.17) is 0 Å². The van der Waals surface area contributed by atoms with Crippen molar-refractivity contribution >= 4 is 21.6 Å². The smallest absolute Gasteiger partial charge is 0.0957 e. The Morgan fingerprint density at radius 2 is 2.10 bits per heavy atom. The van der Waals surface area contributed by atoms with E-state index in [9.17, 15) is 5.11 Å². The minimum atomic E-state index is -0.473. The van der Waals surface area contributed by atoms with Crippen LogP contribution in [0.1, 0.15) is 30.7 Å². The lowest BCUT2D eigenvalue weighted by molar-refractivity contribution is 0.169. The normalized spacial score (nSPS) is 12.2. The Labute approximate surface area is 128 Å². The molecular weight excluding hydrogens is 316 g/mol. The molecule has 0 spiro atoms. The van der Waals surface area contributed by atoms with E-state index in [0.717, 1.165) is 22.4 Å². The summed E-state index contributed by atoms with van der Waals surface area (Å²) >= 11 is 3.48. The summed E-state index contributed by atoms with van der Waals surface area (Å²) in [6.45, 7) is 2.76. The monoisotopic (exact) mass is 334 g/mol. The van der Waals surface area contributed by atoms with Gasteiger partial charge < -0.3 is 10.0 Å². The molecule has 1 aromatic carbocycles. The number of aliphatic hydroxyl groups excluding tert-OH is 1. The summed E-state index contributed by atoms with van der Waals surface area (Å²) in [7, 11) is 2.04. The van der Waals surface area contributed by atoms with E-state index >= 15 is 0 Å². The van der Waals surface area contributed by atoms with Gasteiger partial charge in [0, 0.05) is 18.1 Å². The van der Waals surface area contributed by atoms with Crippen LogP contribution in [0.5, 0.6) is 0 Å². The van der Waals surface area contributed by atoms with Crippen LogP contribution in [0.4, 0.5) is 5.69 Å². The van der Waals surface area contributed by atoms with Gasteiger partial charge in [0.15, 0.2) is 0 Å². The molecule has 106 valence electrons. The summed E-state index contributed by atoms with van der Waals surface area (Å²) in [4.78, 5) is 6.46. The summed E-state index contributed by atoms with van der Waals surface area (Å²) < 4.78 is 1.09. The highest BCUT2D eigenvalue weighted by Gasteiger charge is 2.08. The van der Waals surface area contributed by atoms with Crippen LogP contribution in [-0.2, 0) is 6.54 Å². The maximum atomic E-state index is 9.74. The van der Waals surface area contributed by atoms with Gasteiger partial charge in [-0.05, 0) is 36.2 Å². The predicted molar refractivity (Wildman–Crippen MR) is 85.7 cm³/mol. The molecule has 1 heterocycles.